The number of alkyl halides is 1. The van der Waals surface area contributed by atoms with Crippen LogP contribution in [0.5, 0.6) is 5.75 Å². The van der Waals surface area contributed by atoms with Gasteiger partial charge in [0.1, 0.15) is 23.1 Å². The Bertz CT molecular complexity index is 836. The largest absolute Gasteiger partial charge is 0.494 e. The number of carbonyl (C=O) groups excluding carboxylic acids is 1. The van der Waals surface area contributed by atoms with Gasteiger partial charge in [0.05, 0.1) is 11.6 Å². The molecule has 0 spiro atoms. The maximum absolute atomic E-state index is 15.0. The van der Waals surface area contributed by atoms with E-state index in [0.717, 1.165) is 6.07 Å². The molecule has 29 heavy (non-hydrogen) atoms. The maximum Gasteiger partial charge on any atom is 0.253 e. The third-order valence-electron chi connectivity index (χ3n) is 5.21. The number of amides is 1. The van der Waals surface area contributed by atoms with Gasteiger partial charge in [-0.1, -0.05) is 11.6 Å². The minimum Gasteiger partial charge on any atom is -0.494 e. The normalized spacial score (nSPS) is 15.9. The lowest BCUT2D eigenvalue weighted by Crippen LogP contribution is -2.44. The van der Waals surface area contributed by atoms with Gasteiger partial charge in [-0.05, 0) is 74.6 Å². The molecule has 2 aromatic rings. The SMILES string of the molecule is O=C(c1ccc(F)c(Cl)c1)N1CCC(F)(CCCCOc2ccc(F)cc2)CC1. The average Bonchev–Trinajstić information content (AvgIpc) is 2.71. The van der Waals surface area contributed by atoms with Gasteiger partial charge in [0.25, 0.3) is 5.91 Å². The lowest BCUT2D eigenvalue weighted by Gasteiger charge is -2.36. The molecule has 1 saturated heterocycles. The monoisotopic (exact) mass is 425 g/mol. The highest BCUT2D eigenvalue weighted by atomic mass is 35.5. The molecular formula is C22H23ClF3NO2. The summed E-state index contributed by atoms with van der Waals surface area (Å²) < 4.78 is 46.7. The molecule has 2 aromatic carbocycles. The van der Waals surface area contributed by atoms with Crippen LogP contribution < -0.4 is 4.74 Å². The summed E-state index contributed by atoms with van der Waals surface area (Å²) in [6, 6.07) is 9.65. The molecule has 7 heteroatoms. The Morgan fingerprint density at radius 1 is 1.07 bits per heavy atom. The zero-order chi connectivity index (χ0) is 20.9. The molecule has 0 atom stereocenters. The van der Waals surface area contributed by atoms with Crippen LogP contribution in [0.2, 0.25) is 5.02 Å². The highest BCUT2D eigenvalue weighted by Gasteiger charge is 2.35. The summed E-state index contributed by atoms with van der Waals surface area (Å²) in [7, 11) is 0. The van der Waals surface area contributed by atoms with E-state index in [9.17, 15) is 13.6 Å². The lowest BCUT2D eigenvalue weighted by atomic mass is 9.88. The number of rotatable bonds is 7. The highest BCUT2D eigenvalue weighted by Crippen LogP contribution is 2.32. The first-order chi connectivity index (χ1) is 13.9. The van der Waals surface area contributed by atoms with Crippen LogP contribution in [0.15, 0.2) is 42.5 Å². The van der Waals surface area contributed by atoms with Crippen molar-refractivity contribution in [1.82, 2.24) is 4.90 Å². The van der Waals surface area contributed by atoms with Crippen molar-refractivity contribution in [2.45, 2.75) is 37.8 Å². The molecule has 3 nitrogen and oxygen atoms in total. The highest BCUT2D eigenvalue weighted by molar-refractivity contribution is 6.31. The molecule has 1 aliphatic heterocycles. The van der Waals surface area contributed by atoms with Crippen LogP contribution in [0, 0.1) is 11.6 Å². The van der Waals surface area contributed by atoms with Crippen LogP contribution in [0.3, 0.4) is 0 Å². The molecule has 0 bridgehead atoms. The summed E-state index contributed by atoms with van der Waals surface area (Å²) in [6.45, 7) is 1.07. The van der Waals surface area contributed by atoms with Gasteiger partial charge < -0.3 is 9.64 Å². The zero-order valence-electron chi connectivity index (χ0n) is 16.0. The van der Waals surface area contributed by atoms with Crippen molar-refractivity contribution in [3.8, 4) is 5.75 Å². The van der Waals surface area contributed by atoms with Gasteiger partial charge in [-0.3, -0.25) is 4.79 Å². The third-order valence-corrected chi connectivity index (χ3v) is 5.50. The van der Waals surface area contributed by atoms with Crippen LogP contribution >= 0.6 is 11.6 Å². The molecule has 0 aromatic heterocycles. The van der Waals surface area contributed by atoms with Gasteiger partial charge in [-0.2, -0.15) is 0 Å². The Kier molecular flexibility index (Phi) is 7.06. The number of hydrogen-bond donors (Lipinski definition) is 0. The smallest absolute Gasteiger partial charge is 0.253 e. The van der Waals surface area contributed by atoms with Crippen molar-refractivity contribution in [1.29, 1.82) is 0 Å². The number of hydrogen-bond acceptors (Lipinski definition) is 2. The van der Waals surface area contributed by atoms with Gasteiger partial charge in [-0.15, -0.1) is 0 Å². The van der Waals surface area contributed by atoms with E-state index < -0.39 is 11.5 Å². The molecule has 0 saturated carbocycles. The first-order valence-electron chi connectivity index (χ1n) is 9.68. The van der Waals surface area contributed by atoms with Crippen LogP contribution in [-0.2, 0) is 0 Å². The lowest BCUT2D eigenvalue weighted by molar-refractivity contribution is 0.0382. The number of piperidine rings is 1. The van der Waals surface area contributed by atoms with Crippen molar-refractivity contribution >= 4 is 17.5 Å². The number of halogens is 4. The fourth-order valence-electron chi connectivity index (χ4n) is 3.44. The molecule has 0 unspecified atom stereocenters. The Hall–Kier alpha value is -2.21. The summed E-state index contributed by atoms with van der Waals surface area (Å²) in [5.41, 5.74) is -0.992. The predicted octanol–water partition coefficient (Wildman–Crippen LogP) is 5.81. The van der Waals surface area contributed by atoms with E-state index in [4.69, 9.17) is 16.3 Å². The van der Waals surface area contributed by atoms with E-state index in [2.05, 4.69) is 0 Å². The zero-order valence-corrected chi connectivity index (χ0v) is 16.7. The second-order valence-corrected chi connectivity index (χ2v) is 7.74. The molecule has 1 heterocycles. The van der Waals surface area contributed by atoms with E-state index in [1.54, 1.807) is 17.0 Å². The van der Waals surface area contributed by atoms with Gasteiger partial charge in [-0.25, -0.2) is 13.2 Å². The molecule has 0 aliphatic carbocycles. The minimum absolute atomic E-state index is 0.101. The molecule has 3 rings (SSSR count). The van der Waals surface area contributed by atoms with Crippen LogP contribution in [0.25, 0.3) is 0 Å². The number of ether oxygens (including phenoxy) is 1. The van der Waals surface area contributed by atoms with E-state index in [1.165, 1.54) is 24.3 Å². The number of nitrogens with zero attached hydrogens (tertiary/aromatic N) is 1. The molecule has 1 aliphatic rings. The summed E-state index contributed by atoms with van der Waals surface area (Å²) >= 11 is 5.74. The Balaban J connectivity index is 1.40. The summed E-state index contributed by atoms with van der Waals surface area (Å²) in [6.07, 6.45) is 2.31. The Morgan fingerprint density at radius 3 is 2.41 bits per heavy atom. The maximum atomic E-state index is 15.0. The quantitative estimate of drug-likeness (QED) is 0.524. The summed E-state index contributed by atoms with van der Waals surface area (Å²) in [5.74, 6) is -0.562. The number of carbonyl (C=O) groups is 1. The van der Waals surface area contributed by atoms with Crippen molar-refractivity contribution in [2.75, 3.05) is 19.7 Å². The molecule has 1 fully saturated rings. The first-order valence-corrected chi connectivity index (χ1v) is 10.1. The topological polar surface area (TPSA) is 29.5 Å². The van der Waals surface area contributed by atoms with E-state index in [-0.39, 0.29) is 29.6 Å². The van der Waals surface area contributed by atoms with Crippen molar-refractivity contribution in [3.05, 3.63) is 64.7 Å². The molecule has 0 N–H and O–H groups in total. The van der Waals surface area contributed by atoms with Crippen molar-refractivity contribution in [3.63, 3.8) is 0 Å². The van der Waals surface area contributed by atoms with Crippen LogP contribution in [-0.4, -0.2) is 36.2 Å². The molecular weight excluding hydrogens is 403 g/mol. The second kappa shape index (κ2) is 9.53. The molecule has 1 amide bonds. The first kappa shape index (κ1) is 21.5. The van der Waals surface area contributed by atoms with Gasteiger partial charge >= 0.3 is 0 Å². The van der Waals surface area contributed by atoms with E-state index >= 15 is 4.39 Å². The van der Waals surface area contributed by atoms with Gasteiger partial charge in [0.2, 0.25) is 0 Å². The number of benzene rings is 2. The predicted molar refractivity (Wildman–Crippen MR) is 106 cm³/mol. The average molecular weight is 426 g/mol. The van der Waals surface area contributed by atoms with Crippen molar-refractivity contribution < 1.29 is 22.7 Å². The number of likely N-dealkylation sites (tertiary alicyclic amines) is 1. The minimum atomic E-state index is -1.30. The number of unbranched alkanes of at least 4 members (excludes halogenated alkanes) is 1. The third kappa shape index (κ3) is 5.89. The Morgan fingerprint density at radius 2 is 1.76 bits per heavy atom. The van der Waals surface area contributed by atoms with E-state index in [1.807, 2.05) is 0 Å². The van der Waals surface area contributed by atoms with E-state index in [0.29, 0.717) is 50.3 Å². The standard InChI is InChI=1S/C22H23ClF3NO2/c23-19-15-16(3-8-20(19)25)21(28)27-12-10-22(26,11-13-27)9-1-2-14-29-18-6-4-17(24)5-7-18/h3-8,15H,1-2,9-14H2. The van der Waals surface area contributed by atoms with Crippen LogP contribution in [0.4, 0.5) is 13.2 Å². The van der Waals surface area contributed by atoms with Crippen LogP contribution in [0.1, 0.15) is 42.5 Å². The molecule has 156 valence electrons. The summed E-state index contributed by atoms with van der Waals surface area (Å²) in [5, 5.41) is -0.101. The van der Waals surface area contributed by atoms with Gasteiger partial charge in [0.15, 0.2) is 0 Å². The summed E-state index contributed by atoms with van der Waals surface area (Å²) in [4.78, 5) is 14.1. The second-order valence-electron chi connectivity index (χ2n) is 7.33. The molecule has 0 radical (unpaired) electrons. The Labute approximate surface area is 173 Å². The fraction of sp³-hybridized carbons (Fsp3) is 0.409. The van der Waals surface area contributed by atoms with Crippen molar-refractivity contribution in [2.24, 2.45) is 0 Å². The fourth-order valence-corrected chi connectivity index (χ4v) is 3.62. The van der Waals surface area contributed by atoms with Gasteiger partial charge in [0, 0.05) is 18.7 Å².